The summed E-state index contributed by atoms with van der Waals surface area (Å²) in [5.74, 6) is 0. The smallest absolute Gasteiger partial charge is 0.258 e. The van der Waals surface area contributed by atoms with Gasteiger partial charge in [-0.2, -0.15) is 0 Å². The topological polar surface area (TPSA) is 56.0 Å². The summed E-state index contributed by atoms with van der Waals surface area (Å²) in [6.07, 6.45) is 3.96. The molecule has 1 heterocycles. The minimum absolute atomic E-state index is 0.0715. The largest absolute Gasteiger partial charge is 0.271 e. The number of aryl methyl sites for hydroxylation is 1. The summed E-state index contributed by atoms with van der Waals surface area (Å²) in [5, 5.41) is 11.6. The van der Waals surface area contributed by atoms with Gasteiger partial charge in [0.1, 0.15) is 5.01 Å². The van der Waals surface area contributed by atoms with Crippen LogP contribution in [0, 0.1) is 17.0 Å². The van der Waals surface area contributed by atoms with Gasteiger partial charge in [0, 0.05) is 12.1 Å². The molecule has 3 aromatic rings. The van der Waals surface area contributed by atoms with Gasteiger partial charge in [0.05, 0.1) is 15.1 Å². The van der Waals surface area contributed by atoms with Crippen molar-refractivity contribution in [1.29, 1.82) is 0 Å². The van der Waals surface area contributed by atoms with Crippen LogP contribution in [0.1, 0.15) is 16.1 Å². The van der Waals surface area contributed by atoms with E-state index in [9.17, 15) is 10.1 Å². The van der Waals surface area contributed by atoms with Gasteiger partial charge in [-0.25, -0.2) is 4.98 Å². The molecule has 0 bridgehead atoms. The van der Waals surface area contributed by atoms with E-state index in [1.54, 1.807) is 6.07 Å². The molecule has 0 saturated carbocycles. The Bertz CT molecular complexity index is 852. The lowest BCUT2D eigenvalue weighted by atomic mass is 10.1. The van der Waals surface area contributed by atoms with E-state index in [1.165, 1.54) is 29.0 Å². The molecule has 0 unspecified atom stereocenters. The number of nitro benzene ring substituents is 1. The number of hydrogen-bond donors (Lipinski definition) is 0. The zero-order valence-electron chi connectivity index (χ0n) is 11.3. The highest BCUT2D eigenvalue weighted by Crippen LogP contribution is 2.27. The Kier molecular flexibility index (Phi) is 3.50. The van der Waals surface area contributed by atoms with Gasteiger partial charge in [0.25, 0.3) is 5.69 Å². The van der Waals surface area contributed by atoms with E-state index in [-0.39, 0.29) is 5.69 Å². The maximum Gasteiger partial charge on any atom is 0.271 e. The van der Waals surface area contributed by atoms with Crippen LogP contribution >= 0.6 is 11.3 Å². The van der Waals surface area contributed by atoms with Crippen molar-refractivity contribution < 1.29 is 4.92 Å². The predicted octanol–water partition coefficient (Wildman–Crippen LogP) is 4.68. The summed E-state index contributed by atoms with van der Waals surface area (Å²) in [6.45, 7) is 2.06. The molecule has 0 aliphatic carbocycles. The lowest BCUT2D eigenvalue weighted by molar-refractivity contribution is -0.384. The highest BCUT2D eigenvalue weighted by atomic mass is 32.1. The number of rotatable bonds is 3. The third kappa shape index (κ3) is 2.83. The Balaban J connectivity index is 1.95. The van der Waals surface area contributed by atoms with Crippen LogP contribution in [-0.4, -0.2) is 9.91 Å². The Morgan fingerprint density at radius 3 is 2.76 bits per heavy atom. The minimum atomic E-state index is -0.401. The molecule has 0 spiro atoms. The van der Waals surface area contributed by atoms with E-state index in [2.05, 4.69) is 18.0 Å². The molecule has 0 aliphatic heterocycles. The standard InChI is InChI=1S/C16H12N2O2S/c1-11-4-2-3-5-12(11)6-9-16-17-14-10-13(18(19)20)7-8-15(14)21-16/h2-10H,1H3. The molecule has 0 fully saturated rings. The maximum atomic E-state index is 10.8. The van der Waals surface area contributed by atoms with E-state index in [0.717, 1.165) is 15.3 Å². The van der Waals surface area contributed by atoms with Crippen LogP contribution in [0.4, 0.5) is 5.69 Å². The fraction of sp³-hybridized carbons (Fsp3) is 0.0625. The lowest BCUT2D eigenvalue weighted by Crippen LogP contribution is -1.86. The lowest BCUT2D eigenvalue weighted by Gasteiger charge is -1.97. The average molecular weight is 296 g/mol. The summed E-state index contributed by atoms with van der Waals surface area (Å²) in [5.41, 5.74) is 3.08. The van der Waals surface area contributed by atoms with Gasteiger partial charge in [-0.3, -0.25) is 10.1 Å². The molecule has 0 aliphatic rings. The molecule has 1 aromatic heterocycles. The molecule has 0 radical (unpaired) electrons. The second-order valence-electron chi connectivity index (χ2n) is 4.65. The van der Waals surface area contributed by atoms with Crippen molar-refractivity contribution in [2.24, 2.45) is 0 Å². The summed E-state index contributed by atoms with van der Waals surface area (Å²) in [4.78, 5) is 14.8. The molecule has 4 nitrogen and oxygen atoms in total. The number of thiazole rings is 1. The molecular formula is C16H12N2O2S. The molecule has 0 saturated heterocycles. The van der Waals surface area contributed by atoms with Gasteiger partial charge in [-0.05, 0) is 30.2 Å². The van der Waals surface area contributed by atoms with Gasteiger partial charge >= 0.3 is 0 Å². The first-order valence-electron chi connectivity index (χ1n) is 6.42. The zero-order valence-corrected chi connectivity index (χ0v) is 12.1. The highest BCUT2D eigenvalue weighted by Gasteiger charge is 2.09. The van der Waals surface area contributed by atoms with Gasteiger partial charge in [0.15, 0.2) is 0 Å². The van der Waals surface area contributed by atoms with Crippen LogP contribution in [0.5, 0.6) is 0 Å². The van der Waals surface area contributed by atoms with Crippen molar-refractivity contribution in [3.8, 4) is 0 Å². The van der Waals surface area contributed by atoms with E-state index < -0.39 is 4.92 Å². The van der Waals surface area contributed by atoms with Crippen LogP contribution < -0.4 is 0 Å². The Labute approximate surface area is 125 Å². The number of benzene rings is 2. The number of nitrogens with zero attached hydrogens (tertiary/aromatic N) is 2. The fourth-order valence-electron chi connectivity index (χ4n) is 2.05. The molecule has 5 heteroatoms. The quantitative estimate of drug-likeness (QED) is 0.520. The normalized spacial score (nSPS) is 11.3. The van der Waals surface area contributed by atoms with Crippen LogP contribution in [0.25, 0.3) is 22.4 Å². The molecule has 3 rings (SSSR count). The summed E-state index contributed by atoms with van der Waals surface area (Å²) in [6, 6.07) is 12.9. The Morgan fingerprint density at radius 2 is 2.00 bits per heavy atom. The first-order valence-corrected chi connectivity index (χ1v) is 7.24. The predicted molar refractivity (Wildman–Crippen MR) is 86.4 cm³/mol. The third-order valence-electron chi connectivity index (χ3n) is 3.19. The number of hydrogen-bond acceptors (Lipinski definition) is 4. The van der Waals surface area contributed by atoms with Crippen molar-refractivity contribution in [2.75, 3.05) is 0 Å². The third-order valence-corrected chi connectivity index (χ3v) is 4.19. The van der Waals surface area contributed by atoms with Crippen molar-refractivity contribution in [1.82, 2.24) is 4.98 Å². The molecule has 0 N–H and O–H groups in total. The zero-order chi connectivity index (χ0) is 14.8. The monoisotopic (exact) mass is 296 g/mol. The average Bonchev–Trinajstić information content (AvgIpc) is 2.88. The number of non-ortho nitro benzene ring substituents is 1. The first-order chi connectivity index (χ1) is 10.1. The van der Waals surface area contributed by atoms with Gasteiger partial charge in [-0.1, -0.05) is 30.3 Å². The van der Waals surface area contributed by atoms with Crippen molar-refractivity contribution in [3.05, 3.63) is 68.7 Å². The van der Waals surface area contributed by atoms with Crippen LogP contribution in [0.2, 0.25) is 0 Å². The van der Waals surface area contributed by atoms with E-state index in [1.807, 2.05) is 30.4 Å². The number of nitro groups is 1. The highest BCUT2D eigenvalue weighted by molar-refractivity contribution is 7.19. The van der Waals surface area contributed by atoms with E-state index in [0.29, 0.717) is 5.52 Å². The van der Waals surface area contributed by atoms with Gasteiger partial charge < -0.3 is 0 Å². The fourth-order valence-corrected chi connectivity index (χ4v) is 2.90. The van der Waals surface area contributed by atoms with Crippen LogP contribution in [-0.2, 0) is 0 Å². The van der Waals surface area contributed by atoms with Crippen molar-refractivity contribution >= 4 is 39.4 Å². The maximum absolute atomic E-state index is 10.8. The van der Waals surface area contributed by atoms with Crippen molar-refractivity contribution in [3.63, 3.8) is 0 Å². The molecule has 2 aromatic carbocycles. The Morgan fingerprint density at radius 1 is 1.19 bits per heavy atom. The second-order valence-corrected chi connectivity index (χ2v) is 5.71. The molecule has 0 amide bonds. The number of aromatic nitrogens is 1. The minimum Gasteiger partial charge on any atom is -0.258 e. The van der Waals surface area contributed by atoms with E-state index >= 15 is 0 Å². The van der Waals surface area contributed by atoms with Gasteiger partial charge in [-0.15, -0.1) is 11.3 Å². The van der Waals surface area contributed by atoms with Gasteiger partial charge in [0.2, 0.25) is 0 Å². The molecule has 104 valence electrons. The summed E-state index contributed by atoms with van der Waals surface area (Å²) >= 11 is 1.52. The molecular weight excluding hydrogens is 284 g/mol. The van der Waals surface area contributed by atoms with Crippen LogP contribution in [0.3, 0.4) is 0 Å². The SMILES string of the molecule is Cc1ccccc1C=Cc1nc2cc([N+](=O)[O-])ccc2s1. The second kappa shape index (κ2) is 5.46. The number of fused-ring (bicyclic) bond motifs is 1. The molecule has 21 heavy (non-hydrogen) atoms. The first kappa shape index (κ1) is 13.5. The van der Waals surface area contributed by atoms with Crippen molar-refractivity contribution in [2.45, 2.75) is 6.92 Å². The van der Waals surface area contributed by atoms with E-state index in [4.69, 9.17) is 0 Å². The summed E-state index contributed by atoms with van der Waals surface area (Å²) in [7, 11) is 0. The van der Waals surface area contributed by atoms with Crippen LogP contribution in [0.15, 0.2) is 42.5 Å². The summed E-state index contributed by atoms with van der Waals surface area (Å²) < 4.78 is 0.949. The Hall–Kier alpha value is -2.53. The molecule has 0 atom stereocenters.